The molecule has 0 bridgehead atoms. The molecule has 2 aromatic rings. The van der Waals surface area contributed by atoms with Crippen molar-refractivity contribution >= 4 is 85.1 Å². The van der Waals surface area contributed by atoms with E-state index in [2.05, 4.69) is 25.9 Å². The van der Waals surface area contributed by atoms with Gasteiger partial charge < -0.3 is 36.8 Å². The first-order chi connectivity index (χ1) is 16.2. The molecule has 3 rings (SSSR count). The smallest absolute Gasteiger partial charge is 0.326 e. The quantitative estimate of drug-likeness (QED) is 0.149. The Hall–Kier alpha value is -3.36. The first-order valence-electron chi connectivity index (χ1n) is 10.2. The van der Waals surface area contributed by atoms with Crippen LogP contribution in [-0.2, 0) is 14.4 Å². The largest absolute Gasteiger partial charge is 0.481 e. The number of H-pyrrole nitrogens is 1. The second kappa shape index (κ2) is 12.4. The van der Waals surface area contributed by atoms with Gasteiger partial charge in [0.2, 0.25) is 12.4 Å². The zero-order valence-corrected chi connectivity index (χ0v) is 20.7. The molecule has 2 atom stereocenters. The van der Waals surface area contributed by atoms with Gasteiger partial charge in [0, 0.05) is 68.5 Å². The van der Waals surface area contributed by atoms with Gasteiger partial charge in [-0.05, 0) is 30.7 Å². The van der Waals surface area contributed by atoms with Crippen LogP contribution in [-0.4, -0.2) is 107 Å². The number of fused-ring (bicyclic) bond motifs is 1. The minimum atomic E-state index is -1.33. The van der Waals surface area contributed by atoms with Crippen molar-refractivity contribution in [1.29, 1.82) is 0 Å². The molecule has 1 aromatic heterocycles. The molecule has 1 aliphatic heterocycles. The molecular weight excluding hydrogens is 490 g/mol. The second-order valence-electron chi connectivity index (χ2n) is 7.45. The Morgan fingerprint density at radius 3 is 2.54 bits per heavy atom. The Balaban J connectivity index is 0.00000432. The van der Waals surface area contributed by atoms with Crippen LogP contribution < -0.4 is 32.1 Å². The number of nitrogens with zero attached hydrogens (tertiary/aromatic N) is 2. The molecule has 0 saturated heterocycles. The molecule has 0 spiro atoms. The van der Waals surface area contributed by atoms with Gasteiger partial charge >= 0.3 is 11.9 Å². The minimum Gasteiger partial charge on any atom is -0.481 e. The summed E-state index contributed by atoms with van der Waals surface area (Å²) in [5, 5.41) is 26.3. The van der Waals surface area contributed by atoms with Crippen molar-refractivity contribution in [3.05, 3.63) is 40.2 Å². The zero-order chi connectivity index (χ0) is 24.8. The van der Waals surface area contributed by atoms with E-state index in [-0.39, 0.29) is 73.7 Å². The van der Waals surface area contributed by atoms with Crippen molar-refractivity contribution in [2.45, 2.75) is 24.9 Å². The number of nitrogens with two attached hydrogens (primary N) is 1. The summed E-state index contributed by atoms with van der Waals surface area (Å²) in [6.07, 6.45) is -0.101. The number of benzene rings is 1. The summed E-state index contributed by atoms with van der Waals surface area (Å²) in [6, 6.07) is 4.36. The van der Waals surface area contributed by atoms with Crippen molar-refractivity contribution in [1.82, 2.24) is 15.3 Å². The fourth-order valence-corrected chi connectivity index (χ4v) is 3.39. The fraction of sp³-hybridized carbons (Fsp3) is 0.300. The van der Waals surface area contributed by atoms with Gasteiger partial charge in [-0.2, -0.15) is 4.98 Å². The van der Waals surface area contributed by atoms with Crippen LogP contribution in [0.15, 0.2) is 29.1 Å². The molecule has 1 aliphatic rings. The van der Waals surface area contributed by atoms with Crippen LogP contribution in [0.25, 0.3) is 0 Å². The van der Waals surface area contributed by atoms with Crippen molar-refractivity contribution < 1.29 is 29.4 Å². The van der Waals surface area contributed by atoms with Crippen molar-refractivity contribution in [3.8, 4) is 0 Å². The molecule has 0 fully saturated rings. The van der Waals surface area contributed by atoms with Gasteiger partial charge in [0.1, 0.15) is 6.04 Å². The maximum Gasteiger partial charge on any atom is 0.326 e. The summed E-state index contributed by atoms with van der Waals surface area (Å²) < 4.78 is 0. The van der Waals surface area contributed by atoms with Gasteiger partial charge in [-0.3, -0.25) is 24.2 Å². The second-order valence-corrected chi connectivity index (χ2v) is 7.45. The summed E-state index contributed by atoms with van der Waals surface area (Å²) in [7, 11) is 0. The van der Waals surface area contributed by atoms with Gasteiger partial charge in [-0.25, -0.2) is 4.79 Å². The third kappa shape index (κ3) is 7.07. The molecule has 2 heterocycles. The third-order valence-electron chi connectivity index (χ3n) is 5.12. The van der Waals surface area contributed by atoms with Crippen LogP contribution in [0.5, 0.6) is 0 Å². The topological polar surface area (TPSA) is 220 Å². The predicted octanol–water partition coefficient (Wildman–Crippen LogP) is -1.11. The zero-order valence-electron chi connectivity index (χ0n) is 18.5. The molecule has 8 N–H and O–H groups in total. The third-order valence-corrected chi connectivity index (χ3v) is 5.12. The number of hydrogen-bond donors (Lipinski definition) is 7. The van der Waals surface area contributed by atoms with Crippen LogP contribution in [0.2, 0.25) is 0 Å². The summed E-state index contributed by atoms with van der Waals surface area (Å²) in [4.78, 5) is 65.7. The van der Waals surface area contributed by atoms with E-state index in [1.165, 1.54) is 17.0 Å². The van der Waals surface area contributed by atoms with Crippen LogP contribution >= 0.6 is 0 Å². The minimum absolute atomic E-state index is 0. The molecule has 1 aromatic carbocycles. The molecular formula is C20H23CaN7O7. The molecule has 2 amide bonds. The van der Waals surface area contributed by atoms with E-state index in [0.717, 1.165) is 0 Å². The number of nitrogens with one attached hydrogen (secondary N) is 4. The molecule has 2 radical (unpaired) electrons. The molecule has 15 heteroatoms. The summed E-state index contributed by atoms with van der Waals surface area (Å²) in [5.74, 6) is -3.00. The number of carbonyl (C=O) groups excluding carboxylic acids is 2. The van der Waals surface area contributed by atoms with Gasteiger partial charge in [0.15, 0.2) is 11.5 Å². The van der Waals surface area contributed by atoms with Gasteiger partial charge in [-0.1, -0.05) is 0 Å². The van der Waals surface area contributed by atoms with Gasteiger partial charge in [0.05, 0.1) is 6.04 Å². The average molecular weight is 514 g/mol. The maximum atomic E-state index is 12.3. The number of hydrogen-bond acceptors (Lipinski definition) is 9. The molecule has 0 unspecified atom stereocenters. The van der Waals surface area contributed by atoms with Crippen molar-refractivity contribution in [3.63, 3.8) is 0 Å². The summed E-state index contributed by atoms with van der Waals surface area (Å²) >= 11 is 0. The molecule has 0 saturated carbocycles. The maximum absolute atomic E-state index is 12.3. The predicted molar refractivity (Wildman–Crippen MR) is 127 cm³/mol. The van der Waals surface area contributed by atoms with E-state index in [4.69, 9.17) is 10.8 Å². The van der Waals surface area contributed by atoms with Gasteiger partial charge in [0.25, 0.3) is 11.5 Å². The SMILES string of the molecule is Nc1nc2c(c(=O)[nH]1)N(C=O)[C@@H](CNc1ccc(C(=O)N[C@@H](CCC(=O)O)C(=O)O)cc1)CN2.[Ca]. The van der Waals surface area contributed by atoms with E-state index < -0.39 is 41.9 Å². The Morgan fingerprint density at radius 1 is 1.26 bits per heavy atom. The number of aliphatic carboxylic acids is 2. The molecule has 182 valence electrons. The number of amides is 2. The van der Waals surface area contributed by atoms with E-state index >= 15 is 0 Å². The van der Waals surface area contributed by atoms with Crippen LogP contribution in [0.1, 0.15) is 23.2 Å². The summed E-state index contributed by atoms with van der Waals surface area (Å²) in [5.41, 5.74) is 5.84. The van der Waals surface area contributed by atoms with E-state index in [1.807, 2.05) is 0 Å². The fourth-order valence-electron chi connectivity index (χ4n) is 3.39. The summed E-state index contributed by atoms with van der Waals surface area (Å²) in [6.45, 7) is 0.568. The number of nitrogen functional groups attached to an aromatic ring is 1. The molecule has 35 heavy (non-hydrogen) atoms. The van der Waals surface area contributed by atoms with Crippen LogP contribution in [0.3, 0.4) is 0 Å². The number of anilines is 4. The number of carbonyl (C=O) groups is 4. The van der Waals surface area contributed by atoms with Gasteiger partial charge in [-0.15, -0.1) is 0 Å². The van der Waals surface area contributed by atoms with Crippen LogP contribution in [0, 0.1) is 0 Å². The van der Waals surface area contributed by atoms with Crippen molar-refractivity contribution in [2.24, 2.45) is 0 Å². The Bertz CT molecular complexity index is 1160. The first kappa shape index (κ1) is 27.9. The normalized spacial score (nSPS) is 15.0. The monoisotopic (exact) mass is 513 g/mol. The number of aromatic amines is 1. The number of rotatable bonds is 10. The Kier molecular flexibility index (Phi) is 9.86. The molecule has 0 aliphatic carbocycles. The Labute approximate surface area is 228 Å². The number of aromatic nitrogens is 2. The van der Waals surface area contributed by atoms with E-state index in [0.29, 0.717) is 18.6 Å². The van der Waals surface area contributed by atoms with E-state index in [1.54, 1.807) is 12.1 Å². The average Bonchev–Trinajstić information content (AvgIpc) is 2.79. The van der Waals surface area contributed by atoms with Crippen LogP contribution in [0.4, 0.5) is 23.1 Å². The number of carboxylic acid groups (broad SMARTS) is 2. The number of carboxylic acids is 2. The van der Waals surface area contributed by atoms with Crippen molar-refractivity contribution in [2.75, 3.05) is 34.4 Å². The standard InChI is InChI=1S/C20H23N7O7.Ca/c21-20-25-16-15(18(32)26-20)27(9-28)12(8-23-16)7-22-11-3-1-10(2-4-11)17(31)24-13(19(33)34)5-6-14(29)30;/h1-4,9,12-13,22H,5-8H2,(H,24,31)(H,29,30)(H,33,34)(H4,21,23,25,26,32);/t12-,13-;/m0./s1. The Morgan fingerprint density at radius 2 is 1.94 bits per heavy atom. The van der Waals surface area contributed by atoms with E-state index in [9.17, 15) is 29.1 Å². The molecule has 14 nitrogen and oxygen atoms in total. The first-order valence-corrected chi connectivity index (χ1v) is 10.2.